The molecule has 0 aromatic heterocycles. The number of rotatable bonds is 10. The zero-order valence-corrected chi connectivity index (χ0v) is 13.8. The summed E-state index contributed by atoms with van der Waals surface area (Å²) >= 11 is 0. The molecule has 0 amide bonds. The van der Waals surface area contributed by atoms with E-state index in [4.69, 9.17) is 13.6 Å². The molecule has 5 heteroatoms. The van der Waals surface area contributed by atoms with Gasteiger partial charge in [-0.3, -0.25) is 0 Å². The Morgan fingerprint density at radius 2 is 1.81 bits per heavy atom. The fourth-order valence-corrected chi connectivity index (χ4v) is 3.46. The van der Waals surface area contributed by atoms with Gasteiger partial charge >= 0.3 is 15.3 Å². The molecule has 1 rings (SSSR count). The van der Waals surface area contributed by atoms with Gasteiger partial charge < -0.3 is 13.6 Å². The molecule has 0 unspecified atom stereocenters. The van der Waals surface area contributed by atoms with E-state index in [9.17, 15) is 4.79 Å². The number of hydrogen-bond acceptors (Lipinski definition) is 4. The van der Waals surface area contributed by atoms with E-state index in [0.29, 0.717) is 13.2 Å². The topological polar surface area (TPSA) is 44.8 Å². The van der Waals surface area contributed by atoms with Crippen molar-refractivity contribution in [3.8, 4) is 0 Å². The Morgan fingerprint density at radius 3 is 2.38 bits per heavy atom. The number of carbonyl (C=O) groups excluding carboxylic acids is 1. The maximum atomic E-state index is 11.2. The van der Waals surface area contributed by atoms with Crippen molar-refractivity contribution in [2.24, 2.45) is 0 Å². The third kappa shape index (κ3) is 6.24. The van der Waals surface area contributed by atoms with Crippen LogP contribution in [0, 0.1) is 0 Å². The van der Waals surface area contributed by atoms with Crippen molar-refractivity contribution in [3.05, 3.63) is 42.5 Å². The van der Waals surface area contributed by atoms with E-state index in [2.05, 4.69) is 20.4 Å². The first-order valence-corrected chi connectivity index (χ1v) is 8.54. The van der Waals surface area contributed by atoms with Crippen LogP contribution in [-0.2, 0) is 25.0 Å². The predicted molar refractivity (Wildman–Crippen MR) is 84.3 cm³/mol. The lowest BCUT2D eigenvalue weighted by atomic mass is 10.2. The van der Waals surface area contributed by atoms with Crippen LogP contribution in [0.1, 0.15) is 32.3 Å². The zero-order valence-electron chi connectivity index (χ0n) is 12.8. The highest BCUT2D eigenvalue weighted by molar-refractivity contribution is 6.61. The van der Waals surface area contributed by atoms with Gasteiger partial charge in [-0.05, 0) is 18.4 Å². The van der Waals surface area contributed by atoms with Gasteiger partial charge in [0.1, 0.15) is 6.61 Å². The second kappa shape index (κ2) is 10.3. The summed E-state index contributed by atoms with van der Waals surface area (Å²) in [5.41, 5.74) is 0.925. The molecule has 1 aromatic rings. The van der Waals surface area contributed by atoms with Gasteiger partial charge in [0.15, 0.2) is 0 Å². The molecule has 115 valence electrons. The first-order valence-electron chi connectivity index (χ1n) is 7.22. The van der Waals surface area contributed by atoms with E-state index in [0.717, 1.165) is 29.7 Å². The van der Waals surface area contributed by atoms with Crippen LogP contribution in [0.4, 0.5) is 0 Å². The average Bonchev–Trinajstić information content (AvgIpc) is 2.53. The molecular formula is C16H23O4Si. The second-order valence-corrected chi connectivity index (χ2v) is 6.14. The van der Waals surface area contributed by atoms with Crippen LogP contribution in [0.25, 0.3) is 0 Å². The van der Waals surface area contributed by atoms with E-state index in [1.54, 1.807) is 0 Å². The maximum absolute atomic E-state index is 11.2. The van der Waals surface area contributed by atoms with Gasteiger partial charge in [0.2, 0.25) is 0 Å². The molecule has 0 bridgehead atoms. The Balaban J connectivity index is 2.84. The normalized spacial score (nSPS) is 10.6. The van der Waals surface area contributed by atoms with Crippen LogP contribution in [0.15, 0.2) is 36.9 Å². The molecule has 0 spiro atoms. The summed E-state index contributed by atoms with van der Waals surface area (Å²) < 4.78 is 16.9. The Kier molecular flexibility index (Phi) is 8.65. The minimum absolute atomic E-state index is 0.208. The molecular weight excluding hydrogens is 284 g/mol. The Hall–Kier alpha value is -1.43. The maximum Gasteiger partial charge on any atom is 0.424 e. The third-order valence-electron chi connectivity index (χ3n) is 2.65. The second-order valence-electron chi connectivity index (χ2n) is 4.45. The number of esters is 1. The highest BCUT2D eigenvalue weighted by atomic mass is 28.3. The molecule has 1 aromatic carbocycles. The van der Waals surface area contributed by atoms with E-state index in [1.807, 2.05) is 24.3 Å². The highest BCUT2D eigenvalue weighted by Gasteiger charge is 2.22. The molecule has 0 aliphatic heterocycles. The van der Waals surface area contributed by atoms with Gasteiger partial charge in [0.25, 0.3) is 0 Å². The molecule has 0 saturated carbocycles. The van der Waals surface area contributed by atoms with E-state index < -0.39 is 15.3 Å². The first-order chi connectivity index (χ1) is 10.2. The summed E-state index contributed by atoms with van der Waals surface area (Å²) in [6, 6.07) is 7.78. The highest BCUT2D eigenvalue weighted by Crippen LogP contribution is 2.04. The van der Waals surface area contributed by atoms with E-state index >= 15 is 0 Å². The Bertz CT molecular complexity index is 440. The van der Waals surface area contributed by atoms with Crippen LogP contribution >= 0.6 is 0 Å². The van der Waals surface area contributed by atoms with Gasteiger partial charge in [-0.2, -0.15) is 0 Å². The molecule has 0 fully saturated rings. The predicted octanol–water partition coefficient (Wildman–Crippen LogP) is 2.46. The number of carbonyl (C=O) groups is 1. The monoisotopic (exact) mass is 307 g/mol. The fourth-order valence-electron chi connectivity index (χ4n) is 1.64. The SMILES string of the molecule is C=CC(=O)OCc1ccccc1[Si](OCCC)OCCC. The van der Waals surface area contributed by atoms with Crippen LogP contribution in [0.3, 0.4) is 0 Å². The lowest BCUT2D eigenvalue weighted by molar-refractivity contribution is -0.138. The minimum Gasteiger partial charge on any atom is -0.458 e. The standard InChI is InChI=1S/C16H23O4Si/c1-4-11-19-21(20-12-5-2)15-10-8-7-9-14(15)13-18-16(17)6-3/h6-10H,3-5,11-13H2,1-2H3. The van der Waals surface area contributed by atoms with Crippen molar-refractivity contribution in [3.63, 3.8) is 0 Å². The first kappa shape index (κ1) is 17.6. The molecule has 0 heterocycles. The summed E-state index contributed by atoms with van der Waals surface area (Å²) in [7, 11) is -1.55. The van der Waals surface area contributed by atoms with Crippen molar-refractivity contribution < 1.29 is 18.4 Å². The summed E-state index contributed by atoms with van der Waals surface area (Å²) in [6.45, 7) is 9.07. The van der Waals surface area contributed by atoms with Crippen LogP contribution in [0.5, 0.6) is 0 Å². The number of ether oxygens (including phenoxy) is 1. The summed E-state index contributed by atoms with van der Waals surface area (Å²) in [4.78, 5) is 11.2. The third-order valence-corrected chi connectivity index (χ3v) is 4.51. The van der Waals surface area contributed by atoms with Gasteiger partial charge in [-0.15, -0.1) is 0 Å². The van der Waals surface area contributed by atoms with Gasteiger partial charge in [-0.25, -0.2) is 4.79 Å². The van der Waals surface area contributed by atoms with Crippen LogP contribution in [-0.4, -0.2) is 28.5 Å². The molecule has 0 saturated heterocycles. The lowest BCUT2D eigenvalue weighted by Crippen LogP contribution is -2.40. The molecule has 4 nitrogen and oxygen atoms in total. The zero-order chi connectivity index (χ0) is 15.5. The fraction of sp³-hybridized carbons (Fsp3) is 0.438. The number of hydrogen-bond donors (Lipinski definition) is 0. The molecule has 1 radical (unpaired) electrons. The van der Waals surface area contributed by atoms with Crippen molar-refractivity contribution >= 4 is 20.4 Å². The number of benzene rings is 1. The lowest BCUT2D eigenvalue weighted by Gasteiger charge is -2.18. The molecule has 0 aliphatic carbocycles. The molecule has 0 N–H and O–H groups in total. The molecule has 0 atom stereocenters. The molecule has 21 heavy (non-hydrogen) atoms. The minimum atomic E-state index is -1.55. The summed E-state index contributed by atoms with van der Waals surface area (Å²) in [6.07, 6.45) is 3.05. The van der Waals surface area contributed by atoms with Crippen LogP contribution < -0.4 is 5.19 Å². The molecule has 0 aliphatic rings. The van der Waals surface area contributed by atoms with Gasteiger partial charge in [0, 0.05) is 24.5 Å². The Labute approximate surface area is 128 Å². The summed E-state index contributed by atoms with van der Waals surface area (Å²) in [5.74, 6) is -0.428. The van der Waals surface area contributed by atoms with Crippen molar-refractivity contribution in [2.45, 2.75) is 33.3 Å². The van der Waals surface area contributed by atoms with Gasteiger partial charge in [0.05, 0.1) is 0 Å². The average molecular weight is 307 g/mol. The summed E-state index contributed by atoms with van der Waals surface area (Å²) in [5, 5.41) is 1.00. The van der Waals surface area contributed by atoms with Gasteiger partial charge in [-0.1, -0.05) is 44.7 Å². The van der Waals surface area contributed by atoms with Crippen molar-refractivity contribution in [2.75, 3.05) is 13.2 Å². The van der Waals surface area contributed by atoms with Crippen LogP contribution in [0.2, 0.25) is 0 Å². The Morgan fingerprint density at radius 1 is 1.19 bits per heavy atom. The quantitative estimate of drug-likeness (QED) is 0.378. The van der Waals surface area contributed by atoms with Crippen molar-refractivity contribution in [1.29, 1.82) is 0 Å². The largest absolute Gasteiger partial charge is 0.458 e. The smallest absolute Gasteiger partial charge is 0.424 e. The van der Waals surface area contributed by atoms with E-state index in [1.165, 1.54) is 0 Å². The van der Waals surface area contributed by atoms with Crippen molar-refractivity contribution in [1.82, 2.24) is 0 Å². The van der Waals surface area contributed by atoms with E-state index in [-0.39, 0.29) is 6.61 Å².